The summed E-state index contributed by atoms with van der Waals surface area (Å²) >= 11 is 1.17. The molecule has 0 aliphatic heterocycles. The van der Waals surface area contributed by atoms with Crippen LogP contribution in [0, 0.1) is 5.92 Å². The van der Waals surface area contributed by atoms with Crippen LogP contribution in [0.3, 0.4) is 0 Å². The van der Waals surface area contributed by atoms with Crippen LogP contribution in [-0.4, -0.2) is 31.7 Å². The number of rotatable bonds is 5. The van der Waals surface area contributed by atoms with Gasteiger partial charge in [0.1, 0.15) is 4.70 Å². The number of hydrogen-bond donors (Lipinski definition) is 2. The molecule has 1 aromatic carbocycles. The molecule has 1 saturated carbocycles. The van der Waals surface area contributed by atoms with E-state index >= 15 is 0 Å². The fraction of sp³-hybridized carbons (Fsp3) is 0.368. The first kappa shape index (κ1) is 17.7. The maximum Gasteiger partial charge on any atom is 0.357 e. The second kappa shape index (κ2) is 7.48. The van der Waals surface area contributed by atoms with E-state index < -0.39 is 5.97 Å². The van der Waals surface area contributed by atoms with E-state index in [2.05, 4.69) is 15.4 Å². The minimum Gasteiger partial charge on any atom is -0.476 e. The predicted molar refractivity (Wildman–Crippen MR) is 103 cm³/mol. The van der Waals surface area contributed by atoms with Gasteiger partial charge in [-0.25, -0.2) is 9.48 Å². The van der Waals surface area contributed by atoms with Crippen LogP contribution in [-0.2, 0) is 11.3 Å². The minimum atomic E-state index is -1.10. The number of nitrogens with zero attached hydrogens (tertiary/aromatic N) is 3. The Balaban J connectivity index is 1.62. The summed E-state index contributed by atoms with van der Waals surface area (Å²) in [6.45, 7) is 0.421. The molecule has 8 heteroatoms. The summed E-state index contributed by atoms with van der Waals surface area (Å²) in [6, 6.07) is 9.67. The van der Waals surface area contributed by atoms with Crippen LogP contribution < -0.4 is 5.32 Å². The standard InChI is InChI=1S/C19H20N4O3S/c24-17(13-9-5-2-6-10-13)21-19-20-16-15(27-19)14(18(25)26)22-23(16)11-12-7-3-1-4-8-12/h1,3-4,7-8,13H,2,5-6,9-11H2,(H,25,26)(H,20,21,24). The van der Waals surface area contributed by atoms with Crippen molar-refractivity contribution in [3.05, 3.63) is 41.6 Å². The summed E-state index contributed by atoms with van der Waals surface area (Å²) in [5.74, 6) is -1.10. The average molecular weight is 384 g/mol. The van der Waals surface area contributed by atoms with Crippen molar-refractivity contribution < 1.29 is 14.7 Å². The van der Waals surface area contributed by atoms with Crippen LogP contribution in [0.1, 0.15) is 48.2 Å². The second-order valence-corrected chi connectivity index (χ2v) is 7.79. The van der Waals surface area contributed by atoms with Crippen LogP contribution in [0.15, 0.2) is 30.3 Å². The van der Waals surface area contributed by atoms with Gasteiger partial charge in [0.05, 0.1) is 6.54 Å². The van der Waals surface area contributed by atoms with E-state index in [0.717, 1.165) is 31.2 Å². The van der Waals surface area contributed by atoms with Gasteiger partial charge < -0.3 is 10.4 Å². The highest BCUT2D eigenvalue weighted by molar-refractivity contribution is 7.22. The number of hydrogen-bond acceptors (Lipinski definition) is 5. The molecule has 0 bridgehead atoms. The number of fused-ring (bicyclic) bond motifs is 1. The number of thiazole rings is 1. The topological polar surface area (TPSA) is 97.1 Å². The van der Waals surface area contributed by atoms with E-state index in [1.54, 1.807) is 4.68 Å². The van der Waals surface area contributed by atoms with E-state index in [1.165, 1.54) is 17.8 Å². The lowest BCUT2D eigenvalue weighted by molar-refractivity contribution is -0.120. The van der Waals surface area contributed by atoms with Gasteiger partial charge in [0, 0.05) is 5.92 Å². The van der Waals surface area contributed by atoms with Gasteiger partial charge in [-0.05, 0) is 18.4 Å². The molecule has 140 valence electrons. The van der Waals surface area contributed by atoms with E-state index in [1.807, 2.05) is 30.3 Å². The SMILES string of the molecule is O=C(O)c1nn(Cc2ccccc2)c2nc(NC(=O)C3CCCCC3)sc12. The number of carbonyl (C=O) groups is 2. The highest BCUT2D eigenvalue weighted by Gasteiger charge is 2.25. The molecule has 7 nitrogen and oxygen atoms in total. The third-order valence-corrected chi connectivity index (χ3v) is 5.84. The van der Waals surface area contributed by atoms with Gasteiger partial charge in [0.15, 0.2) is 16.5 Å². The molecule has 27 heavy (non-hydrogen) atoms. The van der Waals surface area contributed by atoms with Crippen molar-refractivity contribution in [2.75, 3.05) is 5.32 Å². The van der Waals surface area contributed by atoms with Crippen molar-refractivity contribution in [3.63, 3.8) is 0 Å². The van der Waals surface area contributed by atoms with Gasteiger partial charge >= 0.3 is 5.97 Å². The molecule has 0 radical (unpaired) electrons. The summed E-state index contributed by atoms with van der Waals surface area (Å²) in [5, 5.41) is 17.0. The Morgan fingerprint density at radius 1 is 1.19 bits per heavy atom. The van der Waals surface area contributed by atoms with Crippen LogP contribution >= 0.6 is 11.3 Å². The van der Waals surface area contributed by atoms with Crippen LogP contribution in [0.5, 0.6) is 0 Å². The lowest BCUT2D eigenvalue weighted by Gasteiger charge is -2.19. The Hall–Kier alpha value is -2.74. The van der Waals surface area contributed by atoms with Crippen LogP contribution in [0.4, 0.5) is 5.13 Å². The smallest absolute Gasteiger partial charge is 0.357 e. The number of aromatic carboxylic acids is 1. The van der Waals surface area contributed by atoms with E-state index in [9.17, 15) is 14.7 Å². The van der Waals surface area contributed by atoms with Crippen LogP contribution in [0.2, 0.25) is 0 Å². The predicted octanol–water partition coefficient (Wildman–Crippen LogP) is 3.76. The number of amides is 1. The maximum absolute atomic E-state index is 12.5. The number of benzene rings is 1. The Kier molecular flexibility index (Phi) is 4.89. The number of aromatic nitrogens is 3. The fourth-order valence-corrected chi connectivity index (χ4v) is 4.43. The molecule has 2 N–H and O–H groups in total. The number of carboxylic acids is 1. The largest absolute Gasteiger partial charge is 0.476 e. The first-order valence-corrected chi connectivity index (χ1v) is 9.89. The van der Waals surface area contributed by atoms with E-state index in [4.69, 9.17) is 0 Å². The molecule has 0 spiro atoms. The molecule has 2 heterocycles. The van der Waals surface area contributed by atoms with Crippen molar-refractivity contribution in [1.29, 1.82) is 0 Å². The van der Waals surface area contributed by atoms with Gasteiger partial charge in [-0.3, -0.25) is 4.79 Å². The van der Waals surface area contributed by atoms with Gasteiger partial charge in [0.2, 0.25) is 5.91 Å². The average Bonchev–Trinajstić information content (AvgIpc) is 3.23. The van der Waals surface area contributed by atoms with E-state index in [0.29, 0.717) is 22.0 Å². The zero-order valence-electron chi connectivity index (χ0n) is 14.7. The molecule has 2 aromatic heterocycles. The Morgan fingerprint density at radius 2 is 1.93 bits per heavy atom. The summed E-state index contributed by atoms with van der Waals surface area (Å²) in [4.78, 5) is 28.5. The normalized spacial score (nSPS) is 15.1. The highest BCUT2D eigenvalue weighted by Crippen LogP contribution is 2.31. The molecule has 0 unspecified atom stereocenters. The van der Waals surface area contributed by atoms with E-state index in [-0.39, 0.29) is 17.5 Å². The first-order chi connectivity index (χ1) is 13.1. The lowest BCUT2D eigenvalue weighted by atomic mass is 9.89. The molecular formula is C19H20N4O3S. The van der Waals surface area contributed by atoms with Gasteiger partial charge in [0.25, 0.3) is 0 Å². The van der Waals surface area contributed by atoms with Crippen molar-refractivity contribution >= 4 is 38.7 Å². The number of anilines is 1. The molecule has 3 aromatic rings. The lowest BCUT2D eigenvalue weighted by Crippen LogP contribution is -2.24. The Bertz CT molecular complexity index is 974. The van der Waals surface area contributed by atoms with Crippen molar-refractivity contribution in [1.82, 2.24) is 14.8 Å². The number of carbonyl (C=O) groups excluding carboxylic acids is 1. The molecule has 1 aliphatic rings. The molecule has 0 atom stereocenters. The fourth-order valence-electron chi connectivity index (χ4n) is 3.49. The summed E-state index contributed by atoms with van der Waals surface area (Å²) < 4.78 is 2.07. The molecule has 1 amide bonds. The Morgan fingerprint density at radius 3 is 2.63 bits per heavy atom. The van der Waals surface area contributed by atoms with Crippen LogP contribution in [0.25, 0.3) is 10.3 Å². The van der Waals surface area contributed by atoms with Gasteiger partial charge in [-0.2, -0.15) is 10.1 Å². The third-order valence-electron chi connectivity index (χ3n) is 4.87. The first-order valence-electron chi connectivity index (χ1n) is 9.07. The minimum absolute atomic E-state index is 0.0190. The Labute approximate surface area is 160 Å². The number of carboxylic acid groups (broad SMARTS) is 1. The zero-order valence-corrected chi connectivity index (χ0v) is 15.5. The molecule has 0 saturated heterocycles. The zero-order chi connectivity index (χ0) is 18.8. The summed E-state index contributed by atoms with van der Waals surface area (Å²) in [6.07, 6.45) is 5.14. The maximum atomic E-state index is 12.5. The highest BCUT2D eigenvalue weighted by atomic mass is 32.1. The summed E-state index contributed by atoms with van der Waals surface area (Å²) in [5.41, 5.74) is 1.46. The van der Waals surface area contributed by atoms with Gasteiger partial charge in [-0.1, -0.05) is 60.9 Å². The summed E-state index contributed by atoms with van der Waals surface area (Å²) in [7, 11) is 0. The molecule has 1 aliphatic carbocycles. The molecule has 1 fully saturated rings. The van der Waals surface area contributed by atoms with Crippen molar-refractivity contribution in [3.8, 4) is 0 Å². The van der Waals surface area contributed by atoms with Gasteiger partial charge in [-0.15, -0.1) is 0 Å². The molecular weight excluding hydrogens is 364 g/mol. The third kappa shape index (κ3) is 3.71. The monoisotopic (exact) mass is 384 g/mol. The quantitative estimate of drug-likeness (QED) is 0.698. The second-order valence-electron chi connectivity index (χ2n) is 6.79. The number of nitrogens with one attached hydrogen (secondary N) is 1. The van der Waals surface area contributed by atoms with Crippen molar-refractivity contribution in [2.45, 2.75) is 38.6 Å². The molecule has 4 rings (SSSR count). The van der Waals surface area contributed by atoms with Crippen molar-refractivity contribution in [2.24, 2.45) is 5.92 Å².